The summed E-state index contributed by atoms with van der Waals surface area (Å²) < 4.78 is 10.4. The van der Waals surface area contributed by atoms with Gasteiger partial charge in [0.2, 0.25) is 0 Å². The first-order valence-electron chi connectivity index (χ1n) is 6.62. The molecule has 102 valence electrons. The molecule has 0 aliphatic carbocycles. The van der Waals surface area contributed by atoms with Gasteiger partial charge < -0.3 is 19.7 Å². The van der Waals surface area contributed by atoms with Crippen LogP contribution in [0, 0.1) is 0 Å². The first-order chi connectivity index (χ1) is 9.29. The van der Waals surface area contributed by atoms with Gasteiger partial charge in [0.1, 0.15) is 12.4 Å². The van der Waals surface area contributed by atoms with Gasteiger partial charge in [-0.2, -0.15) is 0 Å². The third kappa shape index (κ3) is 2.26. The van der Waals surface area contributed by atoms with Crippen molar-refractivity contribution >= 4 is 11.7 Å². The first-order valence-corrected chi connectivity index (χ1v) is 6.62. The van der Waals surface area contributed by atoms with Crippen LogP contribution in [-0.2, 0) is 4.74 Å². The van der Waals surface area contributed by atoms with Crippen LogP contribution in [0.15, 0.2) is 18.2 Å². The summed E-state index contributed by atoms with van der Waals surface area (Å²) in [7, 11) is 1.40. The van der Waals surface area contributed by atoms with E-state index in [1.807, 2.05) is 12.1 Å². The number of rotatable bonds is 2. The van der Waals surface area contributed by atoms with Crippen LogP contribution >= 0.6 is 0 Å². The zero-order valence-electron chi connectivity index (χ0n) is 11.0. The van der Waals surface area contributed by atoms with E-state index in [1.54, 1.807) is 6.07 Å². The Bertz CT molecular complexity index is 484. The maximum atomic E-state index is 11.6. The number of esters is 1. The van der Waals surface area contributed by atoms with Crippen LogP contribution < -0.4 is 15.0 Å². The Hall–Kier alpha value is -1.75. The van der Waals surface area contributed by atoms with E-state index in [0.717, 1.165) is 37.5 Å². The molecule has 1 aromatic carbocycles. The minimum Gasteiger partial charge on any atom is -0.490 e. The topological polar surface area (TPSA) is 50.8 Å². The van der Waals surface area contributed by atoms with Crippen molar-refractivity contribution in [2.24, 2.45) is 0 Å². The molecule has 1 N–H and O–H groups in total. The summed E-state index contributed by atoms with van der Waals surface area (Å²) >= 11 is 0. The Balaban J connectivity index is 1.94. The molecule has 0 amide bonds. The predicted octanol–water partition coefficient (Wildman–Crippen LogP) is 1.03. The van der Waals surface area contributed by atoms with Crippen LogP contribution in [0.3, 0.4) is 0 Å². The molecular formula is C14H18N2O3. The lowest BCUT2D eigenvalue weighted by Gasteiger charge is -2.35. The smallest absolute Gasteiger partial charge is 0.337 e. The van der Waals surface area contributed by atoms with Crippen molar-refractivity contribution in [3.05, 3.63) is 23.8 Å². The summed E-state index contributed by atoms with van der Waals surface area (Å²) in [6.07, 6.45) is 1.13. The number of carbonyl (C=O) groups is 1. The van der Waals surface area contributed by atoms with Crippen LogP contribution in [0.4, 0.5) is 5.69 Å². The lowest BCUT2D eigenvalue weighted by atomic mass is 10.1. The van der Waals surface area contributed by atoms with E-state index < -0.39 is 0 Å². The molecular weight excluding hydrogens is 244 g/mol. The van der Waals surface area contributed by atoms with Gasteiger partial charge in [0.05, 0.1) is 24.9 Å². The van der Waals surface area contributed by atoms with Crippen molar-refractivity contribution in [2.45, 2.75) is 12.5 Å². The van der Waals surface area contributed by atoms with Gasteiger partial charge in [-0.25, -0.2) is 4.79 Å². The van der Waals surface area contributed by atoms with Crippen molar-refractivity contribution in [2.75, 3.05) is 38.3 Å². The second kappa shape index (κ2) is 5.09. The second-order valence-corrected chi connectivity index (χ2v) is 4.86. The summed E-state index contributed by atoms with van der Waals surface area (Å²) in [4.78, 5) is 14.0. The van der Waals surface area contributed by atoms with Gasteiger partial charge in [-0.05, 0) is 31.2 Å². The maximum absolute atomic E-state index is 11.6. The van der Waals surface area contributed by atoms with Gasteiger partial charge in [0.25, 0.3) is 0 Å². The van der Waals surface area contributed by atoms with Gasteiger partial charge in [-0.3, -0.25) is 0 Å². The maximum Gasteiger partial charge on any atom is 0.337 e. The van der Waals surface area contributed by atoms with Crippen molar-refractivity contribution in [1.29, 1.82) is 0 Å². The number of nitrogens with zero attached hydrogens (tertiary/aromatic N) is 1. The van der Waals surface area contributed by atoms with Crippen LogP contribution in [0.25, 0.3) is 0 Å². The molecule has 1 unspecified atom stereocenters. The Kier molecular flexibility index (Phi) is 3.29. The molecule has 0 spiro atoms. The van der Waals surface area contributed by atoms with E-state index >= 15 is 0 Å². The number of methoxy groups -OCH3 is 1. The molecule has 1 atom stereocenters. The number of hydrogen-bond acceptors (Lipinski definition) is 5. The Labute approximate surface area is 112 Å². The molecule has 2 heterocycles. The largest absolute Gasteiger partial charge is 0.490 e. The number of nitrogens with one attached hydrogen (secondary N) is 1. The lowest BCUT2D eigenvalue weighted by Crippen LogP contribution is -2.42. The molecule has 0 radical (unpaired) electrons. The Morgan fingerprint density at radius 3 is 3.16 bits per heavy atom. The second-order valence-electron chi connectivity index (χ2n) is 4.86. The number of fused-ring (bicyclic) bond motifs is 1. The third-order valence-electron chi connectivity index (χ3n) is 3.75. The van der Waals surface area contributed by atoms with E-state index in [0.29, 0.717) is 18.2 Å². The number of carbonyl (C=O) groups excluding carboxylic acids is 1. The first kappa shape index (κ1) is 12.3. The quantitative estimate of drug-likeness (QED) is 0.807. The van der Waals surface area contributed by atoms with E-state index in [9.17, 15) is 4.79 Å². The molecule has 0 saturated carbocycles. The summed E-state index contributed by atoms with van der Waals surface area (Å²) in [6.45, 7) is 3.60. The zero-order chi connectivity index (χ0) is 13.2. The minimum atomic E-state index is -0.308. The van der Waals surface area contributed by atoms with E-state index in [4.69, 9.17) is 9.47 Å². The summed E-state index contributed by atoms with van der Waals surface area (Å²) in [6, 6.07) is 5.96. The predicted molar refractivity (Wildman–Crippen MR) is 71.9 cm³/mol. The van der Waals surface area contributed by atoms with Gasteiger partial charge in [0.15, 0.2) is 0 Å². The number of benzene rings is 1. The SMILES string of the molecule is COC(=O)c1ccc2c(c1)N(C1CCNC1)CCO2. The number of ether oxygens (including phenoxy) is 2. The van der Waals surface area contributed by atoms with Crippen LogP contribution in [0.2, 0.25) is 0 Å². The summed E-state index contributed by atoms with van der Waals surface area (Å²) in [5.41, 5.74) is 1.57. The molecule has 3 rings (SSSR count). The molecule has 1 saturated heterocycles. The van der Waals surface area contributed by atoms with Gasteiger partial charge >= 0.3 is 5.97 Å². The van der Waals surface area contributed by atoms with E-state index in [1.165, 1.54) is 7.11 Å². The monoisotopic (exact) mass is 262 g/mol. The fourth-order valence-electron chi connectivity index (χ4n) is 2.77. The highest BCUT2D eigenvalue weighted by Gasteiger charge is 2.28. The van der Waals surface area contributed by atoms with Gasteiger partial charge in [-0.1, -0.05) is 0 Å². The molecule has 0 aromatic heterocycles. The van der Waals surface area contributed by atoms with Crippen LogP contribution in [0.5, 0.6) is 5.75 Å². The molecule has 1 aromatic rings. The summed E-state index contributed by atoms with van der Waals surface area (Å²) in [5.74, 6) is 0.545. The Morgan fingerprint density at radius 1 is 1.53 bits per heavy atom. The normalized spacial score (nSPS) is 21.7. The third-order valence-corrected chi connectivity index (χ3v) is 3.75. The highest BCUT2D eigenvalue weighted by atomic mass is 16.5. The molecule has 0 bridgehead atoms. The zero-order valence-corrected chi connectivity index (χ0v) is 11.0. The molecule has 2 aliphatic rings. The van der Waals surface area contributed by atoms with Crippen LogP contribution in [0.1, 0.15) is 16.8 Å². The highest BCUT2D eigenvalue weighted by Crippen LogP contribution is 2.34. The van der Waals surface area contributed by atoms with Crippen LogP contribution in [-0.4, -0.2) is 45.4 Å². The van der Waals surface area contributed by atoms with Gasteiger partial charge in [-0.15, -0.1) is 0 Å². The van der Waals surface area contributed by atoms with Crippen molar-refractivity contribution in [3.8, 4) is 5.75 Å². The molecule has 1 fully saturated rings. The summed E-state index contributed by atoms with van der Waals surface area (Å²) in [5, 5.41) is 3.37. The number of hydrogen-bond donors (Lipinski definition) is 1. The van der Waals surface area contributed by atoms with Crippen molar-refractivity contribution in [3.63, 3.8) is 0 Å². The molecule has 2 aliphatic heterocycles. The highest BCUT2D eigenvalue weighted by molar-refractivity contribution is 5.91. The van der Waals surface area contributed by atoms with E-state index in [-0.39, 0.29) is 5.97 Å². The average molecular weight is 262 g/mol. The fraction of sp³-hybridized carbons (Fsp3) is 0.500. The minimum absolute atomic E-state index is 0.308. The fourth-order valence-corrected chi connectivity index (χ4v) is 2.77. The molecule has 5 nitrogen and oxygen atoms in total. The lowest BCUT2D eigenvalue weighted by molar-refractivity contribution is 0.0600. The van der Waals surface area contributed by atoms with Crippen molar-refractivity contribution < 1.29 is 14.3 Å². The van der Waals surface area contributed by atoms with E-state index in [2.05, 4.69) is 10.2 Å². The number of anilines is 1. The van der Waals surface area contributed by atoms with Crippen molar-refractivity contribution in [1.82, 2.24) is 5.32 Å². The molecule has 19 heavy (non-hydrogen) atoms. The molecule has 5 heteroatoms. The Morgan fingerprint density at radius 2 is 2.42 bits per heavy atom. The standard InChI is InChI=1S/C14H18N2O3/c1-18-14(17)10-2-3-13-12(8-10)16(6-7-19-13)11-4-5-15-9-11/h2-3,8,11,15H,4-7,9H2,1H3. The average Bonchev–Trinajstić information content (AvgIpc) is 2.99. The van der Waals surface area contributed by atoms with Gasteiger partial charge in [0, 0.05) is 12.6 Å².